The van der Waals surface area contributed by atoms with Crippen LogP contribution in [0.5, 0.6) is 11.5 Å². The Morgan fingerprint density at radius 1 is 1.08 bits per heavy atom. The molecule has 0 amide bonds. The van der Waals surface area contributed by atoms with Crippen molar-refractivity contribution in [3.05, 3.63) is 65.3 Å². The average Bonchev–Trinajstić information content (AvgIpc) is 3.03. The van der Waals surface area contributed by atoms with Gasteiger partial charge >= 0.3 is 0 Å². The summed E-state index contributed by atoms with van der Waals surface area (Å²) in [7, 11) is 0. The number of nitrogens with zero attached hydrogens (tertiary/aromatic N) is 3. The first kappa shape index (κ1) is 16.6. The van der Waals surface area contributed by atoms with Crippen molar-refractivity contribution in [2.75, 3.05) is 6.61 Å². The summed E-state index contributed by atoms with van der Waals surface area (Å²) in [6.07, 6.45) is 1.67. The van der Waals surface area contributed by atoms with E-state index < -0.39 is 0 Å². The molecular formula is C20H16BrN3O2. The minimum atomic E-state index is 0.0615. The van der Waals surface area contributed by atoms with Gasteiger partial charge in [0.2, 0.25) is 0 Å². The number of halogens is 1. The zero-order valence-electron chi connectivity index (χ0n) is 14.1. The summed E-state index contributed by atoms with van der Waals surface area (Å²) in [5.74, 6) is 0.745. The molecule has 0 radical (unpaired) electrons. The van der Waals surface area contributed by atoms with E-state index in [-0.39, 0.29) is 5.75 Å². The van der Waals surface area contributed by atoms with Gasteiger partial charge in [-0.2, -0.15) is 5.10 Å². The molecule has 0 spiro atoms. The van der Waals surface area contributed by atoms with E-state index in [1.54, 1.807) is 10.7 Å². The van der Waals surface area contributed by atoms with Crippen LogP contribution in [0.1, 0.15) is 6.92 Å². The number of fused-ring (bicyclic) bond motifs is 1. The Morgan fingerprint density at radius 2 is 1.81 bits per heavy atom. The largest absolute Gasteiger partial charge is 0.504 e. The maximum absolute atomic E-state index is 11.1. The van der Waals surface area contributed by atoms with Crippen molar-refractivity contribution >= 4 is 21.6 Å². The van der Waals surface area contributed by atoms with Crippen LogP contribution >= 0.6 is 15.9 Å². The van der Waals surface area contributed by atoms with Gasteiger partial charge in [-0.15, -0.1) is 0 Å². The fourth-order valence-corrected chi connectivity index (χ4v) is 3.29. The maximum atomic E-state index is 11.1. The van der Waals surface area contributed by atoms with E-state index in [4.69, 9.17) is 4.74 Å². The minimum Gasteiger partial charge on any atom is -0.504 e. The van der Waals surface area contributed by atoms with Crippen LogP contribution in [0.2, 0.25) is 0 Å². The highest BCUT2D eigenvalue weighted by molar-refractivity contribution is 9.10. The molecule has 5 nitrogen and oxygen atoms in total. The van der Waals surface area contributed by atoms with E-state index in [1.165, 1.54) is 0 Å². The van der Waals surface area contributed by atoms with Crippen molar-refractivity contribution in [3.63, 3.8) is 0 Å². The Morgan fingerprint density at radius 3 is 2.58 bits per heavy atom. The molecule has 0 aliphatic heterocycles. The Bertz CT molecular complexity index is 1080. The number of rotatable bonds is 4. The highest BCUT2D eigenvalue weighted by Gasteiger charge is 2.22. The number of ether oxygens (including phenoxy) is 1. The number of para-hydroxylation sites is 1. The van der Waals surface area contributed by atoms with Crippen LogP contribution in [0, 0.1) is 0 Å². The molecule has 6 heteroatoms. The van der Waals surface area contributed by atoms with Crippen molar-refractivity contribution in [2.24, 2.45) is 0 Å². The Hall–Kier alpha value is -2.86. The molecule has 26 heavy (non-hydrogen) atoms. The second-order valence-electron chi connectivity index (χ2n) is 5.68. The summed E-state index contributed by atoms with van der Waals surface area (Å²) in [4.78, 5) is 4.63. The van der Waals surface area contributed by atoms with Gasteiger partial charge in [-0.25, -0.2) is 9.50 Å². The predicted molar refractivity (Wildman–Crippen MR) is 104 cm³/mol. The molecule has 0 unspecified atom stereocenters. The zero-order valence-corrected chi connectivity index (χ0v) is 15.6. The first-order valence-corrected chi connectivity index (χ1v) is 9.03. The van der Waals surface area contributed by atoms with Crippen molar-refractivity contribution in [2.45, 2.75) is 6.92 Å². The summed E-state index contributed by atoms with van der Waals surface area (Å²) in [5, 5.41) is 15.5. The molecule has 0 saturated carbocycles. The standard InChI is InChI=1S/C20H16BrN3O2/c1-2-26-16-11-7-6-10-14(16)18-19(25)17(13-8-4-3-5-9-13)23-20-15(21)12-22-24(18)20/h3-12,25H,2H2,1H3. The molecule has 0 atom stereocenters. The second kappa shape index (κ2) is 6.80. The zero-order chi connectivity index (χ0) is 18.1. The third kappa shape index (κ3) is 2.72. The van der Waals surface area contributed by atoms with E-state index in [0.717, 1.165) is 15.6 Å². The van der Waals surface area contributed by atoms with Crippen molar-refractivity contribution in [3.8, 4) is 34.0 Å². The van der Waals surface area contributed by atoms with E-state index in [2.05, 4.69) is 26.0 Å². The molecule has 0 aliphatic carbocycles. The van der Waals surface area contributed by atoms with Gasteiger partial charge in [-0.1, -0.05) is 42.5 Å². The second-order valence-corrected chi connectivity index (χ2v) is 6.54. The first-order valence-electron chi connectivity index (χ1n) is 8.24. The number of benzene rings is 2. The van der Waals surface area contributed by atoms with Crippen LogP contribution in [0.4, 0.5) is 0 Å². The van der Waals surface area contributed by atoms with Gasteiger partial charge in [-0.05, 0) is 35.0 Å². The van der Waals surface area contributed by atoms with Crippen LogP contribution in [0.25, 0.3) is 28.2 Å². The average molecular weight is 410 g/mol. The summed E-state index contributed by atoms with van der Waals surface area (Å²) in [5.41, 5.74) is 3.26. The van der Waals surface area contributed by atoms with Crippen LogP contribution in [0.3, 0.4) is 0 Å². The predicted octanol–water partition coefficient (Wildman–Crippen LogP) is 4.93. The molecule has 130 valence electrons. The van der Waals surface area contributed by atoms with E-state index >= 15 is 0 Å². The number of aromatic hydroxyl groups is 1. The Kier molecular flexibility index (Phi) is 4.34. The van der Waals surface area contributed by atoms with Crippen LogP contribution < -0.4 is 4.74 Å². The monoisotopic (exact) mass is 409 g/mol. The third-order valence-electron chi connectivity index (χ3n) is 4.07. The number of hydrogen-bond donors (Lipinski definition) is 1. The maximum Gasteiger partial charge on any atom is 0.170 e. The minimum absolute atomic E-state index is 0.0615. The molecule has 2 aromatic carbocycles. The van der Waals surface area contributed by atoms with E-state index in [9.17, 15) is 5.11 Å². The van der Waals surface area contributed by atoms with Crippen LogP contribution in [-0.4, -0.2) is 26.3 Å². The van der Waals surface area contributed by atoms with Crippen molar-refractivity contribution in [1.29, 1.82) is 0 Å². The molecule has 2 aromatic heterocycles. The lowest BCUT2D eigenvalue weighted by Gasteiger charge is -2.15. The lowest BCUT2D eigenvalue weighted by atomic mass is 10.1. The fourth-order valence-electron chi connectivity index (χ4n) is 2.94. The normalized spacial score (nSPS) is 11.0. The third-order valence-corrected chi connectivity index (χ3v) is 4.63. The molecule has 0 fully saturated rings. The summed E-state index contributed by atoms with van der Waals surface area (Å²) in [6, 6.07) is 17.2. The van der Waals surface area contributed by atoms with Crippen molar-refractivity contribution in [1.82, 2.24) is 14.6 Å². The van der Waals surface area contributed by atoms with Gasteiger partial charge in [-0.3, -0.25) is 0 Å². The quantitative estimate of drug-likeness (QED) is 0.518. The van der Waals surface area contributed by atoms with Crippen LogP contribution in [-0.2, 0) is 0 Å². The van der Waals surface area contributed by atoms with Gasteiger partial charge in [0.1, 0.15) is 17.1 Å². The smallest absolute Gasteiger partial charge is 0.170 e. The molecule has 2 heterocycles. The summed E-state index contributed by atoms with van der Waals surface area (Å²) in [6.45, 7) is 2.46. The summed E-state index contributed by atoms with van der Waals surface area (Å²) >= 11 is 3.50. The van der Waals surface area contributed by atoms with Gasteiger partial charge in [0.15, 0.2) is 11.4 Å². The highest BCUT2D eigenvalue weighted by Crippen LogP contribution is 2.41. The topological polar surface area (TPSA) is 59.7 Å². The fraction of sp³-hybridized carbons (Fsp3) is 0.100. The van der Waals surface area contributed by atoms with Gasteiger partial charge < -0.3 is 9.84 Å². The highest BCUT2D eigenvalue weighted by atomic mass is 79.9. The van der Waals surface area contributed by atoms with Crippen molar-refractivity contribution < 1.29 is 9.84 Å². The molecular weight excluding hydrogens is 394 g/mol. The number of hydrogen-bond acceptors (Lipinski definition) is 4. The number of aromatic nitrogens is 3. The summed E-state index contributed by atoms with van der Waals surface area (Å²) < 4.78 is 8.15. The van der Waals surface area contributed by atoms with E-state index in [1.807, 2.05) is 61.5 Å². The molecule has 4 rings (SSSR count). The first-order chi connectivity index (χ1) is 12.7. The van der Waals surface area contributed by atoms with E-state index in [0.29, 0.717) is 29.4 Å². The lowest BCUT2D eigenvalue weighted by molar-refractivity contribution is 0.341. The molecule has 0 bridgehead atoms. The van der Waals surface area contributed by atoms with Crippen LogP contribution in [0.15, 0.2) is 65.3 Å². The molecule has 4 aromatic rings. The lowest BCUT2D eigenvalue weighted by Crippen LogP contribution is -2.02. The molecule has 1 N–H and O–H groups in total. The van der Waals surface area contributed by atoms with Gasteiger partial charge in [0.25, 0.3) is 0 Å². The Balaban J connectivity index is 2.08. The van der Waals surface area contributed by atoms with Gasteiger partial charge in [0.05, 0.1) is 17.3 Å². The molecule has 0 saturated heterocycles. The van der Waals surface area contributed by atoms with Gasteiger partial charge in [0, 0.05) is 11.1 Å². The SMILES string of the molecule is CCOc1ccccc1-c1c(O)c(-c2ccccc2)nc2c(Br)cnn12. The Labute approximate surface area is 159 Å². The molecule has 0 aliphatic rings.